The minimum absolute atomic E-state index is 0.0533. The van der Waals surface area contributed by atoms with E-state index in [9.17, 15) is 22.4 Å². The van der Waals surface area contributed by atoms with Crippen molar-refractivity contribution in [2.45, 2.75) is 31.3 Å². The molecule has 0 unspecified atom stereocenters. The van der Waals surface area contributed by atoms with Crippen molar-refractivity contribution in [1.29, 1.82) is 0 Å². The monoisotopic (exact) mass is 591 g/mol. The fourth-order valence-corrected chi connectivity index (χ4v) is 5.49. The van der Waals surface area contributed by atoms with Crippen molar-refractivity contribution in [3.63, 3.8) is 0 Å². The molecule has 0 fully saturated rings. The molecule has 0 aromatic heterocycles. The van der Waals surface area contributed by atoms with Gasteiger partial charge in [0.2, 0.25) is 11.8 Å². The molecular formula is C28H31ClFN3O6S. The van der Waals surface area contributed by atoms with Crippen LogP contribution in [0.25, 0.3) is 0 Å². The number of carbonyl (C=O) groups excluding carboxylic acids is 2. The number of ether oxygens (including phenoxy) is 2. The Balaban J connectivity index is 2.06. The summed E-state index contributed by atoms with van der Waals surface area (Å²) in [6.07, 6.45) is 0. The Morgan fingerprint density at radius 2 is 1.60 bits per heavy atom. The van der Waals surface area contributed by atoms with Gasteiger partial charge in [0.25, 0.3) is 10.0 Å². The Kier molecular flexibility index (Phi) is 10.4. The van der Waals surface area contributed by atoms with E-state index in [1.165, 1.54) is 85.8 Å². The van der Waals surface area contributed by atoms with Crippen LogP contribution in [0.5, 0.6) is 11.5 Å². The van der Waals surface area contributed by atoms with E-state index >= 15 is 0 Å². The Labute approximate surface area is 238 Å². The number of nitrogens with zero attached hydrogens (tertiary/aromatic N) is 2. The van der Waals surface area contributed by atoms with E-state index in [4.69, 9.17) is 21.1 Å². The molecule has 40 heavy (non-hydrogen) atoms. The van der Waals surface area contributed by atoms with Gasteiger partial charge >= 0.3 is 0 Å². The highest BCUT2D eigenvalue weighted by Gasteiger charge is 2.33. The zero-order chi connectivity index (χ0) is 29.4. The maximum absolute atomic E-state index is 14.0. The Morgan fingerprint density at radius 3 is 2.17 bits per heavy atom. The third-order valence-corrected chi connectivity index (χ3v) is 8.14. The molecule has 0 saturated heterocycles. The molecule has 9 nitrogen and oxygen atoms in total. The second kappa shape index (κ2) is 13.5. The molecular weight excluding hydrogens is 561 g/mol. The minimum Gasteiger partial charge on any atom is -0.493 e. The van der Waals surface area contributed by atoms with Crippen LogP contribution in [0.3, 0.4) is 0 Å². The number of amides is 2. The molecule has 3 aromatic rings. The Hall–Kier alpha value is -3.83. The fraction of sp³-hybridized carbons (Fsp3) is 0.286. The number of methoxy groups -OCH3 is 2. The van der Waals surface area contributed by atoms with Gasteiger partial charge in [-0.05, 0) is 67.9 Å². The van der Waals surface area contributed by atoms with Gasteiger partial charge in [0, 0.05) is 24.2 Å². The second-order valence-electron chi connectivity index (χ2n) is 8.72. The normalized spacial score (nSPS) is 11.8. The number of sulfonamides is 1. The summed E-state index contributed by atoms with van der Waals surface area (Å²) in [7, 11) is -1.52. The first-order chi connectivity index (χ1) is 19.0. The number of halogens is 2. The van der Waals surface area contributed by atoms with Crippen molar-refractivity contribution >= 4 is 39.1 Å². The molecule has 0 spiro atoms. The average Bonchev–Trinajstić information content (AvgIpc) is 2.95. The third-order valence-electron chi connectivity index (χ3n) is 6.12. The Morgan fingerprint density at radius 1 is 0.975 bits per heavy atom. The summed E-state index contributed by atoms with van der Waals surface area (Å²) in [6.45, 7) is 2.94. The molecule has 0 radical (unpaired) electrons. The average molecular weight is 592 g/mol. The largest absolute Gasteiger partial charge is 0.493 e. The van der Waals surface area contributed by atoms with Crippen LogP contribution in [0.1, 0.15) is 19.4 Å². The molecule has 1 atom stereocenters. The molecule has 3 rings (SSSR count). The van der Waals surface area contributed by atoms with Crippen molar-refractivity contribution in [2.24, 2.45) is 0 Å². The van der Waals surface area contributed by atoms with Gasteiger partial charge in [-0.3, -0.25) is 13.9 Å². The molecule has 2 amide bonds. The lowest BCUT2D eigenvalue weighted by molar-refractivity contribution is -0.139. The van der Waals surface area contributed by atoms with Crippen molar-refractivity contribution in [3.05, 3.63) is 83.1 Å². The van der Waals surface area contributed by atoms with E-state index in [0.717, 1.165) is 4.31 Å². The number of hydrogen-bond acceptors (Lipinski definition) is 6. The number of nitrogens with one attached hydrogen (secondary N) is 1. The van der Waals surface area contributed by atoms with Crippen LogP contribution < -0.4 is 19.1 Å². The summed E-state index contributed by atoms with van der Waals surface area (Å²) in [4.78, 5) is 27.7. The zero-order valence-electron chi connectivity index (χ0n) is 22.6. The van der Waals surface area contributed by atoms with E-state index < -0.39 is 40.2 Å². The summed E-state index contributed by atoms with van der Waals surface area (Å²) in [6, 6.07) is 14.6. The van der Waals surface area contributed by atoms with E-state index in [1.54, 1.807) is 13.8 Å². The molecule has 0 bridgehead atoms. The van der Waals surface area contributed by atoms with Gasteiger partial charge in [0.05, 0.1) is 24.8 Å². The minimum atomic E-state index is -4.33. The summed E-state index contributed by atoms with van der Waals surface area (Å²) < 4.78 is 52.8. The van der Waals surface area contributed by atoms with Gasteiger partial charge in [-0.2, -0.15) is 0 Å². The number of anilines is 1. The fourth-order valence-electron chi connectivity index (χ4n) is 3.93. The molecule has 0 aliphatic rings. The quantitative estimate of drug-likeness (QED) is 0.338. The van der Waals surface area contributed by atoms with Gasteiger partial charge in [-0.15, -0.1) is 0 Å². The number of hydrogen-bond donors (Lipinski definition) is 1. The lowest BCUT2D eigenvalue weighted by Crippen LogP contribution is -2.51. The first-order valence-corrected chi connectivity index (χ1v) is 14.2. The molecule has 214 valence electrons. The topological polar surface area (TPSA) is 105 Å². The van der Waals surface area contributed by atoms with Crippen molar-refractivity contribution < 1.29 is 31.9 Å². The smallest absolute Gasteiger partial charge is 0.264 e. The first-order valence-electron chi connectivity index (χ1n) is 12.3. The van der Waals surface area contributed by atoms with E-state index in [1.807, 2.05) is 0 Å². The molecule has 3 aromatic carbocycles. The van der Waals surface area contributed by atoms with Crippen LogP contribution in [0, 0.1) is 5.82 Å². The van der Waals surface area contributed by atoms with Crippen LogP contribution in [0.4, 0.5) is 10.1 Å². The summed E-state index contributed by atoms with van der Waals surface area (Å²) in [5.74, 6) is -1.00. The summed E-state index contributed by atoms with van der Waals surface area (Å²) in [5, 5.41) is 3.06. The first kappa shape index (κ1) is 30.7. The third kappa shape index (κ3) is 7.22. The van der Waals surface area contributed by atoms with Gasteiger partial charge < -0.3 is 19.7 Å². The van der Waals surface area contributed by atoms with Crippen LogP contribution >= 0.6 is 11.6 Å². The summed E-state index contributed by atoms with van der Waals surface area (Å²) in [5.41, 5.74) is 0.742. The van der Waals surface area contributed by atoms with Crippen molar-refractivity contribution in [2.75, 3.05) is 31.6 Å². The molecule has 12 heteroatoms. The van der Waals surface area contributed by atoms with E-state index in [-0.39, 0.29) is 22.9 Å². The summed E-state index contributed by atoms with van der Waals surface area (Å²) >= 11 is 6.04. The second-order valence-corrected chi connectivity index (χ2v) is 11.0. The lowest BCUT2D eigenvalue weighted by atomic mass is 10.1. The van der Waals surface area contributed by atoms with Crippen molar-refractivity contribution in [1.82, 2.24) is 10.2 Å². The molecule has 1 N–H and O–H groups in total. The maximum atomic E-state index is 14.0. The SMILES string of the molecule is CCNC(=O)[C@@H](C)N(Cc1ccc(F)cc1)C(=O)CN(c1ccc(Cl)cc1)S(=O)(=O)c1ccc(OC)c(OC)c1. The predicted molar refractivity (Wildman–Crippen MR) is 151 cm³/mol. The molecule has 0 aliphatic heterocycles. The van der Waals surface area contributed by atoms with Crippen LogP contribution in [0.2, 0.25) is 5.02 Å². The van der Waals surface area contributed by atoms with Crippen LogP contribution in [-0.4, -0.2) is 58.5 Å². The predicted octanol–water partition coefficient (Wildman–Crippen LogP) is 4.25. The van der Waals surface area contributed by atoms with E-state index in [2.05, 4.69) is 5.32 Å². The maximum Gasteiger partial charge on any atom is 0.264 e. The highest BCUT2D eigenvalue weighted by Crippen LogP contribution is 2.32. The van der Waals surface area contributed by atoms with Gasteiger partial charge in [-0.25, -0.2) is 12.8 Å². The molecule has 0 heterocycles. The number of carbonyl (C=O) groups is 2. The van der Waals surface area contributed by atoms with Gasteiger partial charge in [0.15, 0.2) is 11.5 Å². The van der Waals surface area contributed by atoms with Gasteiger partial charge in [0.1, 0.15) is 18.4 Å². The highest BCUT2D eigenvalue weighted by molar-refractivity contribution is 7.92. The molecule has 0 saturated carbocycles. The molecule has 0 aliphatic carbocycles. The number of rotatable bonds is 12. The zero-order valence-corrected chi connectivity index (χ0v) is 24.1. The van der Waals surface area contributed by atoms with Crippen LogP contribution in [0.15, 0.2) is 71.6 Å². The highest BCUT2D eigenvalue weighted by atomic mass is 35.5. The Bertz CT molecular complexity index is 1440. The number of benzene rings is 3. The standard InChI is InChI=1S/C28H31ClFN3O6S/c1-5-31-28(35)19(2)32(17-20-6-10-22(30)11-7-20)27(34)18-33(23-12-8-21(29)9-13-23)40(36,37)24-14-15-25(38-3)26(16-24)39-4/h6-16,19H,5,17-18H2,1-4H3,(H,31,35)/t19-/m1/s1. The van der Waals surface area contributed by atoms with Crippen LogP contribution in [-0.2, 0) is 26.2 Å². The lowest BCUT2D eigenvalue weighted by Gasteiger charge is -2.32. The van der Waals surface area contributed by atoms with Crippen molar-refractivity contribution in [3.8, 4) is 11.5 Å². The number of likely N-dealkylation sites (N-methyl/N-ethyl adjacent to an activating group) is 1. The van der Waals surface area contributed by atoms with E-state index in [0.29, 0.717) is 22.9 Å². The van der Waals surface area contributed by atoms with Gasteiger partial charge in [-0.1, -0.05) is 23.7 Å².